The van der Waals surface area contributed by atoms with Crippen LogP contribution in [0.2, 0.25) is 5.15 Å². The fourth-order valence-corrected chi connectivity index (χ4v) is 2.05. The van der Waals surface area contributed by atoms with Crippen LogP contribution in [0.3, 0.4) is 0 Å². The van der Waals surface area contributed by atoms with Crippen LogP contribution < -0.4 is 9.47 Å². The lowest BCUT2D eigenvalue weighted by Gasteiger charge is -2.09. The molecular weight excluding hydrogens is 379 g/mol. The molecule has 19 heavy (non-hydrogen) atoms. The van der Waals surface area contributed by atoms with Crippen molar-refractivity contribution in [1.82, 2.24) is 9.97 Å². The molecule has 2 aromatic rings. The van der Waals surface area contributed by atoms with E-state index in [1.165, 1.54) is 0 Å². The highest BCUT2D eigenvalue weighted by Gasteiger charge is 2.11. The quantitative estimate of drug-likeness (QED) is 0.592. The second-order valence-electron chi connectivity index (χ2n) is 3.84. The highest BCUT2D eigenvalue weighted by molar-refractivity contribution is 14.1. The summed E-state index contributed by atoms with van der Waals surface area (Å²) in [5, 5.41) is 0.449. The molecule has 100 valence electrons. The number of nitrogens with zero attached hydrogens (tertiary/aromatic N) is 2. The van der Waals surface area contributed by atoms with Crippen LogP contribution in [-0.4, -0.2) is 24.2 Å². The maximum Gasteiger partial charge on any atom is 0.161 e. The molecule has 0 spiro atoms. The summed E-state index contributed by atoms with van der Waals surface area (Å²) in [6.45, 7) is 1.90. The van der Waals surface area contributed by atoms with Crippen LogP contribution in [0.25, 0.3) is 11.4 Å². The van der Waals surface area contributed by atoms with E-state index in [1.54, 1.807) is 20.3 Å². The van der Waals surface area contributed by atoms with Gasteiger partial charge in [0.1, 0.15) is 16.7 Å². The predicted octanol–water partition coefficient (Wildman–Crippen LogP) is 3.73. The van der Waals surface area contributed by atoms with Crippen LogP contribution in [0, 0.1) is 10.5 Å². The first-order chi connectivity index (χ1) is 9.05. The predicted molar refractivity (Wildman–Crippen MR) is 83.0 cm³/mol. The van der Waals surface area contributed by atoms with Crippen molar-refractivity contribution in [3.63, 3.8) is 0 Å². The monoisotopic (exact) mass is 390 g/mol. The molecule has 0 saturated carbocycles. The molecule has 0 aliphatic heterocycles. The van der Waals surface area contributed by atoms with Gasteiger partial charge in [-0.2, -0.15) is 0 Å². The number of rotatable bonds is 3. The van der Waals surface area contributed by atoms with E-state index in [0.717, 1.165) is 14.8 Å². The Balaban J connectivity index is 2.58. The number of benzene rings is 1. The molecule has 2 rings (SSSR count). The maximum absolute atomic E-state index is 6.10. The number of halogens is 2. The Hall–Kier alpha value is -1.08. The fourth-order valence-electron chi connectivity index (χ4n) is 1.59. The van der Waals surface area contributed by atoms with Crippen molar-refractivity contribution in [1.29, 1.82) is 0 Å². The Morgan fingerprint density at radius 2 is 1.63 bits per heavy atom. The molecule has 1 aromatic carbocycles. The number of aromatic nitrogens is 2. The van der Waals surface area contributed by atoms with E-state index < -0.39 is 0 Å². The normalized spacial score (nSPS) is 10.4. The van der Waals surface area contributed by atoms with Gasteiger partial charge >= 0.3 is 0 Å². The van der Waals surface area contributed by atoms with Crippen molar-refractivity contribution in [3.8, 4) is 22.9 Å². The molecule has 0 saturated heterocycles. The molecule has 0 N–H and O–H groups in total. The van der Waals surface area contributed by atoms with E-state index in [4.69, 9.17) is 21.1 Å². The van der Waals surface area contributed by atoms with Crippen molar-refractivity contribution < 1.29 is 9.47 Å². The number of hydrogen-bond acceptors (Lipinski definition) is 4. The molecular formula is C13H12ClIN2O2. The third-order valence-corrected chi connectivity index (χ3v) is 4.47. The zero-order chi connectivity index (χ0) is 14.0. The first kappa shape index (κ1) is 14.3. The lowest BCUT2D eigenvalue weighted by molar-refractivity contribution is 0.394. The summed E-state index contributed by atoms with van der Waals surface area (Å²) < 4.78 is 11.3. The van der Waals surface area contributed by atoms with Gasteiger partial charge in [-0.1, -0.05) is 11.6 Å². The molecule has 0 fully saturated rings. The van der Waals surface area contributed by atoms with Gasteiger partial charge in [-0.3, -0.25) is 0 Å². The Labute approximate surface area is 130 Å². The minimum atomic E-state index is 0.449. The molecule has 0 radical (unpaired) electrons. The van der Waals surface area contributed by atoms with Crippen LogP contribution in [0.15, 0.2) is 18.2 Å². The third-order valence-electron chi connectivity index (χ3n) is 2.59. The first-order valence-corrected chi connectivity index (χ1v) is 6.94. The number of ether oxygens (including phenoxy) is 2. The van der Waals surface area contributed by atoms with Gasteiger partial charge in [-0.05, 0) is 41.6 Å². The van der Waals surface area contributed by atoms with E-state index in [-0.39, 0.29) is 0 Å². The highest BCUT2D eigenvalue weighted by atomic mass is 127. The van der Waals surface area contributed by atoms with Crippen molar-refractivity contribution in [2.24, 2.45) is 0 Å². The van der Waals surface area contributed by atoms with Gasteiger partial charge in [0.15, 0.2) is 5.82 Å². The molecule has 0 aliphatic rings. The zero-order valence-corrected chi connectivity index (χ0v) is 13.6. The lowest BCUT2D eigenvalue weighted by atomic mass is 10.2. The van der Waals surface area contributed by atoms with Gasteiger partial charge in [0.05, 0.1) is 23.5 Å². The van der Waals surface area contributed by atoms with Crippen LogP contribution in [0.5, 0.6) is 11.5 Å². The van der Waals surface area contributed by atoms with Crippen molar-refractivity contribution in [3.05, 3.63) is 32.6 Å². The summed E-state index contributed by atoms with van der Waals surface area (Å²) in [5.74, 6) is 1.93. The molecule has 0 unspecified atom stereocenters. The van der Waals surface area contributed by atoms with Crippen LogP contribution in [0.4, 0.5) is 0 Å². The smallest absolute Gasteiger partial charge is 0.161 e. The summed E-state index contributed by atoms with van der Waals surface area (Å²) in [7, 11) is 3.21. The maximum atomic E-state index is 6.10. The van der Waals surface area contributed by atoms with Crippen LogP contribution >= 0.6 is 34.2 Å². The topological polar surface area (TPSA) is 44.2 Å². The fraction of sp³-hybridized carbons (Fsp3) is 0.231. The van der Waals surface area contributed by atoms with Gasteiger partial charge in [0, 0.05) is 11.6 Å². The van der Waals surface area contributed by atoms with Gasteiger partial charge in [-0.15, -0.1) is 0 Å². The van der Waals surface area contributed by atoms with Crippen molar-refractivity contribution in [2.45, 2.75) is 6.92 Å². The zero-order valence-electron chi connectivity index (χ0n) is 10.7. The van der Waals surface area contributed by atoms with E-state index >= 15 is 0 Å². The molecule has 0 aliphatic carbocycles. The summed E-state index contributed by atoms with van der Waals surface area (Å²) in [4.78, 5) is 8.73. The number of aryl methyl sites for hydroxylation is 1. The number of hydrogen-bond donors (Lipinski definition) is 0. The minimum Gasteiger partial charge on any atom is -0.497 e. The standard InChI is InChI=1S/C13H12ClIN2O2/c1-7-11(15)12(14)17-13(16-7)8-4-9(18-2)6-10(5-8)19-3/h4-6H,1-3H3. The third kappa shape index (κ3) is 3.09. The van der Waals surface area contributed by atoms with E-state index in [0.29, 0.717) is 22.5 Å². The number of methoxy groups -OCH3 is 2. The summed E-state index contributed by atoms with van der Waals surface area (Å²) >= 11 is 8.22. The summed E-state index contributed by atoms with van der Waals surface area (Å²) in [5.41, 5.74) is 1.65. The van der Waals surface area contributed by atoms with Crippen molar-refractivity contribution in [2.75, 3.05) is 14.2 Å². The van der Waals surface area contributed by atoms with Crippen molar-refractivity contribution >= 4 is 34.2 Å². The lowest BCUT2D eigenvalue weighted by Crippen LogP contribution is -1.97. The molecule has 1 heterocycles. The second kappa shape index (κ2) is 5.92. The molecule has 4 nitrogen and oxygen atoms in total. The van der Waals surface area contributed by atoms with Crippen LogP contribution in [0.1, 0.15) is 5.69 Å². The Morgan fingerprint density at radius 3 is 2.11 bits per heavy atom. The second-order valence-corrected chi connectivity index (χ2v) is 5.28. The average Bonchev–Trinajstić information content (AvgIpc) is 2.43. The van der Waals surface area contributed by atoms with Crippen LogP contribution in [-0.2, 0) is 0 Å². The van der Waals surface area contributed by atoms with E-state index in [9.17, 15) is 0 Å². The Kier molecular flexibility index (Phi) is 4.46. The molecule has 0 amide bonds. The molecule has 1 aromatic heterocycles. The molecule has 6 heteroatoms. The van der Waals surface area contributed by atoms with E-state index in [2.05, 4.69) is 32.6 Å². The molecule has 0 atom stereocenters. The van der Waals surface area contributed by atoms with Gasteiger partial charge in [0.25, 0.3) is 0 Å². The first-order valence-electron chi connectivity index (χ1n) is 5.48. The summed E-state index contributed by atoms with van der Waals surface area (Å²) in [6, 6.07) is 5.49. The van der Waals surface area contributed by atoms with E-state index in [1.807, 2.05) is 19.1 Å². The minimum absolute atomic E-state index is 0.449. The highest BCUT2D eigenvalue weighted by Crippen LogP contribution is 2.29. The average molecular weight is 391 g/mol. The summed E-state index contributed by atoms with van der Waals surface area (Å²) in [6.07, 6.45) is 0. The SMILES string of the molecule is COc1cc(OC)cc(-c2nc(C)c(I)c(Cl)n2)c1. The van der Waals surface area contributed by atoms with Gasteiger partial charge in [-0.25, -0.2) is 9.97 Å². The largest absolute Gasteiger partial charge is 0.497 e. The van der Waals surface area contributed by atoms with Gasteiger partial charge in [0.2, 0.25) is 0 Å². The Morgan fingerprint density at radius 1 is 1.05 bits per heavy atom. The van der Waals surface area contributed by atoms with Gasteiger partial charge < -0.3 is 9.47 Å². The molecule has 0 bridgehead atoms. The Bertz CT molecular complexity index is 574.